The second-order valence-corrected chi connectivity index (χ2v) is 4.59. The van der Waals surface area contributed by atoms with Gasteiger partial charge in [-0.05, 0) is 26.7 Å². The first-order chi connectivity index (χ1) is 7.76. The van der Waals surface area contributed by atoms with Gasteiger partial charge in [0, 0.05) is 12.6 Å². The van der Waals surface area contributed by atoms with E-state index in [4.69, 9.17) is 5.11 Å². The van der Waals surface area contributed by atoms with Crippen molar-refractivity contribution in [2.45, 2.75) is 45.2 Å². The number of carbonyl (C=O) groups is 2. The van der Waals surface area contributed by atoms with E-state index in [0.717, 1.165) is 6.42 Å². The molecule has 0 fully saturated rings. The lowest BCUT2D eigenvalue weighted by molar-refractivity contribution is -0.139. The first kappa shape index (κ1) is 15.5. The molecule has 2 N–H and O–H groups in total. The van der Waals surface area contributed by atoms with E-state index in [9.17, 15) is 9.59 Å². The Labute approximate surface area is 102 Å². The Hall–Kier alpha value is -1.52. The van der Waals surface area contributed by atoms with Crippen molar-refractivity contribution in [3.63, 3.8) is 0 Å². The molecule has 2 amide bonds. The number of carboxylic acid groups (broad SMARTS) is 1. The number of aliphatic carboxylic acids is 1. The third kappa shape index (κ3) is 4.46. The highest BCUT2D eigenvalue weighted by atomic mass is 16.4. The number of urea groups is 1. The van der Waals surface area contributed by atoms with Crippen LogP contribution in [0.5, 0.6) is 0 Å². The third-order valence-corrected chi connectivity index (χ3v) is 3.08. The van der Waals surface area contributed by atoms with Crippen molar-refractivity contribution in [3.05, 3.63) is 12.7 Å². The summed E-state index contributed by atoms with van der Waals surface area (Å²) >= 11 is 0. The highest BCUT2D eigenvalue weighted by Crippen LogP contribution is 2.16. The van der Waals surface area contributed by atoms with Gasteiger partial charge in [-0.15, -0.1) is 6.58 Å². The quantitative estimate of drug-likeness (QED) is 0.698. The van der Waals surface area contributed by atoms with Crippen molar-refractivity contribution >= 4 is 12.0 Å². The molecular weight excluding hydrogens is 220 g/mol. The Bertz CT molecular complexity index is 300. The van der Waals surface area contributed by atoms with Crippen LogP contribution in [0.25, 0.3) is 0 Å². The summed E-state index contributed by atoms with van der Waals surface area (Å²) in [6.45, 7) is 9.30. The van der Waals surface area contributed by atoms with Gasteiger partial charge in [-0.3, -0.25) is 0 Å². The highest BCUT2D eigenvalue weighted by Gasteiger charge is 2.28. The molecule has 17 heavy (non-hydrogen) atoms. The summed E-state index contributed by atoms with van der Waals surface area (Å²) < 4.78 is 0. The van der Waals surface area contributed by atoms with Crippen molar-refractivity contribution in [2.24, 2.45) is 0 Å². The van der Waals surface area contributed by atoms with Crippen LogP contribution in [0, 0.1) is 0 Å². The lowest BCUT2D eigenvalue weighted by atomic mass is 10.0. The molecule has 5 nitrogen and oxygen atoms in total. The molecule has 0 spiro atoms. The molecule has 0 saturated heterocycles. The van der Waals surface area contributed by atoms with Gasteiger partial charge in [0.05, 0.1) is 0 Å². The van der Waals surface area contributed by atoms with E-state index in [-0.39, 0.29) is 18.0 Å². The van der Waals surface area contributed by atoms with Crippen molar-refractivity contribution in [1.29, 1.82) is 0 Å². The van der Waals surface area contributed by atoms with Crippen molar-refractivity contribution in [2.75, 3.05) is 7.05 Å². The summed E-state index contributed by atoms with van der Waals surface area (Å²) in [6, 6.07) is -1.30. The van der Waals surface area contributed by atoms with Gasteiger partial charge in [0.1, 0.15) is 6.04 Å². The maximum absolute atomic E-state index is 11.9. The van der Waals surface area contributed by atoms with Gasteiger partial charge >= 0.3 is 12.0 Å². The van der Waals surface area contributed by atoms with E-state index < -0.39 is 12.0 Å². The zero-order chi connectivity index (χ0) is 13.6. The Balaban J connectivity index is 4.61. The summed E-state index contributed by atoms with van der Waals surface area (Å²) in [7, 11) is 1.66. The lowest BCUT2D eigenvalue weighted by Crippen LogP contribution is -2.53. The summed E-state index contributed by atoms with van der Waals surface area (Å²) in [4.78, 5) is 24.3. The van der Waals surface area contributed by atoms with E-state index >= 15 is 0 Å². The minimum absolute atomic E-state index is 0.210. The number of rotatable bonds is 6. The minimum atomic E-state index is -1.05. The van der Waals surface area contributed by atoms with Crippen LogP contribution in [0.15, 0.2) is 12.7 Å². The molecule has 0 aliphatic carbocycles. The summed E-state index contributed by atoms with van der Waals surface area (Å²) in [5, 5.41) is 11.4. The number of nitrogens with one attached hydrogen (secondary N) is 1. The second-order valence-electron chi connectivity index (χ2n) is 4.59. The van der Waals surface area contributed by atoms with Crippen LogP contribution < -0.4 is 5.32 Å². The van der Waals surface area contributed by atoms with Gasteiger partial charge in [0.25, 0.3) is 0 Å². The fraction of sp³-hybridized carbons (Fsp3) is 0.667. The number of carboxylic acids is 1. The van der Waals surface area contributed by atoms with Crippen LogP contribution >= 0.6 is 0 Å². The van der Waals surface area contributed by atoms with E-state index in [2.05, 4.69) is 11.9 Å². The van der Waals surface area contributed by atoms with E-state index in [0.29, 0.717) is 0 Å². The van der Waals surface area contributed by atoms with Gasteiger partial charge in [-0.2, -0.15) is 0 Å². The maximum atomic E-state index is 11.9. The molecule has 98 valence electrons. The maximum Gasteiger partial charge on any atom is 0.326 e. The molecule has 0 rings (SSSR count). The van der Waals surface area contributed by atoms with Crippen LogP contribution in [0.3, 0.4) is 0 Å². The van der Waals surface area contributed by atoms with Crippen LogP contribution in [-0.4, -0.2) is 40.6 Å². The SMILES string of the molecule is C=CCC(NC(=O)N(C)C(C)(C)CC)C(=O)O. The average Bonchev–Trinajstić information content (AvgIpc) is 2.27. The standard InChI is InChI=1S/C12H22N2O3/c1-6-8-9(10(15)16)13-11(17)14(5)12(3,4)7-2/h6,9H,1,7-8H2,2-5H3,(H,13,17)(H,15,16). The van der Waals surface area contributed by atoms with Gasteiger partial charge in [0.2, 0.25) is 0 Å². The highest BCUT2D eigenvalue weighted by molar-refractivity contribution is 5.82. The van der Waals surface area contributed by atoms with E-state index in [1.807, 2.05) is 20.8 Å². The molecule has 0 bridgehead atoms. The topological polar surface area (TPSA) is 69.6 Å². The van der Waals surface area contributed by atoms with Crippen LogP contribution in [0.2, 0.25) is 0 Å². The Morgan fingerprint density at radius 3 is 2.41 bits per heavy atom. The Kier molecular flexibility index (Phi) is 5.71. The molecule has 0 aromatic carbocycles. The van der Waals surface area contributed by atoms with Gasteiger partial charge in [-0.25, -0.2) is 9.59 Å². The predicted molar refractivity (Wildman–Crippen MR) is 66.9 cm³/mol. The second kappa shape index (κ2) is 6.27. The molecule has 0 heterocycles. The molecule has 0 saturated carbocycles. The van der Waals surface area contributed by atoms with Crippen LogP contribution in [0.1, 0.15) is 33.6 Å². The van der Waals surface area contributed by atoms with Crippen molar-refractivity contribution in [3.8, 4) is 0 Å². The fourth-order valence-electron chi connectivity index (χ4n) is 1.15. The largest absolute Gasteiger partial charge is 0.480 e. The smallest absolute Gasteiger partial charge is 0.326 e. The zero-order valence-corrected chi connectivity index (χ0v) is 11.0. The Morgan fingerprint density at radius 2 is 2.06 bits per heavy atom. The van der Waals surface area contributed by atoms with E-state index in [1.54, 1.807) is 7.05 Å². The molecule has 0 aliphatic heterocycles. The molecule has 1 unspecified atom stereocenters. The molecule has 5 heteroatoms. The third-order valence-electron chi connectivity index (χ3n) is 3.08. The monoisotopic (exact) mass is 242 g/mol. The first-order valence-corrected chi connectivity index (χ1v) is 5.64. The fourth-order valence-corrected chi connectivity index (χ4v) is 1.15. The van der Waals surface area contributed by atoms with E-state index in [1.165, 1.54) is 11.0 Å². The molecule has 0 aliphatic rings. The number of carbonyl (C=O) groups excluding carboxylic acids is 1. The van der Waals surface area contributed by atoms with Gasteiger partial charge < -0.3 is 15.3 Å². The zero-order valence-electron chi connectivity index (χ0n) is 11.0. The molecular formula is C12H22N2O3. The summed E-state index contributed by atoms with van der Waals surface area (Å²) in [5.41, 5.74) is -0.304. The Morgan fingerprint density at radius 1 is 1.53 bits per heavy atom. The number of hydrogen-bond donors (Lipinski definition) is 2. The lowest BCUT2D eigenvalue weighted by Gasteiger charge is -2.35. The van der Waals surface area contributed by atoms with Gasteiger partial charge in [-0.1, -0.05) is 13.0 Å². The summed E-state index contributed by atoms with van der Waals surface area (Å²) in [5.74, 6) is -1.05. The predicted octanol–water partition coefficient (Wildman–Crippen LogP) is 1.85. The molecule has 0 radical (unpaired) electrons. The molecule has 0 aromatic rings. The number of nitrogens with zero attached hydrogens (tertiary/aromatic N) is 1. The summed E-state index contributed by atoms with van der Waals surface area (Å²) in [6.07, 6.45) is 2.47. The van der Waals surface area contributed by atoms with Crippen LogP contribution in [-0.2, 0) is 4.79 Å². The van der Waals surface area contributed by atoms with Crippen molar-refractivity contribution in [1.82, 2.24) is 10.2 Å². The average molecular weight is 242 g/mol. The van der Waals surface area contributed by atoms with Crippen molar-refractivity contribution < 1.29 is 14.7 Å². The molecule has 1 atom stereocenters. The minimum Gasteiger partial charge on any atom is -0.480 e. The van der Waals surface area contributed by atoms with Crippen LogP contribution in [0.4, 0.5) is 4.79 Å². The normalized spacial score (nSPS) is 12.7. The molecule has 0 aromatic heterocycles. The first-order valence-electron chi connectivity index (χ1n) is 5.64. The number of amides is 2. The number of hydrogen-bond acceptors (Lipinski definition) is 2. The van der Waals surface area contributed by atoms with Gasteiger partial charge in [0.15, 0.2) is 0 Å².